The number of aromatic nitrogens is 2. The number of aryl methyl sites for hydroxylation is 1. The summed E-state index contributed by atoms with van der Waals surface area (Å²) >= 11 is 1.74. The van der Waals surface area contributed by atoms with E-state index < -0.39 is 0 Å². The number of nitrogens with one attached hydrogen (secondary N) is 1. The van der Waals surface area contributed by atoms with Gasteiger partial charge in [-0.05, 0) is 48.1 Å². The van der Waals surface area contributed by atoms with Crippen LogP contribution in [0.3, 0.4) is 0 Å². The average molecular weight is 297 g/mol. The van der Waals surface area contributed by atoms with Gasteiger partial charge in [-0.25, -0.2) is 0 Å². The SMILES string of the molecule is CCc1cccnc1CNC(C)c1cnc2ccsc2c1. The number of hydrogen-bond donors (Lipinski definition) is 1. The topological polar surface area (TPSA) is 37.8 Å². The average Bonchev–Trinajstić information content (AvgIpc) is 3.00. The molecule has 3 heterocycles. The Morgan fingerprint density at radius 3 is 3.05 bits per heavy atom. The predicted octanol–water partition coefficient (Wildman–Crippen LogP) is 4.10. The van der Waals surface area contributed by atoms with Crippen molar-refractivity contribution >= 4 is 21.6 Å². The molecule has 0 amide bonds. The van der Waals surface area contributed by atoms with Gasteiger partial charge in [0.1, 0.15) is 0 Å². The van der Waals surface area contributed by atoms with E-state index in [1.54, 1.807) is 11.3 Å². The lowest BCUT2D eigenvalue weighted by Crippen LogP contribution is -2.19. The zero-order valence-electron chi connectivity index (χ0n) is 12.3. The fourth-order valence-electron chi connectivity index (χ4n) is 2.42. The second-order valence-corrected chi connectivity index (χ2v) is 6.09. The first-order valence-corrected chi connectivity index (χ1v) is 8.15. The summed E-state index contributed by atoms with van der Waals surface area (Å²) in [6, 6.07) is 8.69. The first kappa shape index (κ1) is 14.2. The molecule has 0 aliphatic heterocycles. The van der Waals surface area contributed by atoms with Gasteiger partial charge in [0.15, 0.2) is 0 Å². The summed E-state index contributed by atoms with van der Waals surface area (Å²) in [7, 11) is 0. The van der Waals surface area contributed by atoms with Gasteiger partial charge >= 0.3 is 0 Å². The van der Waals surface area contributed by atoms with E-state index in [4.69, 9.17) is 0 Å². The van der Waals surface area contributed by atoms with Gasteiger partial charge in [-0.15, -0.1) is 11.3 Å². The number of pyridine rings is 2. The third-order valence-corrected chi connectivity index (χ3v) is 4.62. The summed E-state index contributed by atoms with van der Waals surface area (Å²) in [5, 5.41) is 5.63. The molecule has 0 aromatic carbocycles. The molecule has 0 aliphatic rings. The van der Waals surface area contributed by atoms with Gasteiger partial charge in [0.25, 0.3) is 0 Å². The van der Waals surface area contributed by atoms with E-state index in [2.05, 4.69) is 52.7 Å². The fourth-order valence-corrected chi connectivity index (χ4v) is 3.21. The van der Waals surface area contributed by atoms with E-state index >= 15 is 0 Å². The molecule has 108 valence electrons. The van der Waals surface area contributed by atoms with Crippen LogP contribution in [0.15, 0.2) is 42.0 Å². The molecule has 0 spiro atoms. The van der Waals surface area contributed by atoms with Crippen molar-refractivity contribution in [3.63, 3.8) is 0 Å². The molecular weight excluding hydrogens is 278 g/mol. The molecule has 3 aromatic heterocycles. The molecule has 0 aliphatic carbocycles. The maximum atomic E-state index is 4.51. The third kappa shape index (κ3) is 3.12. The zero-order valence-corrected chi connectivity index (χ0v) is 13.2. The highest BCUT2D eigenvalue weighted by atomic mass is 32.1. The number of hydrogen-bond acceptors (Lipinski definition) is 4. The first-order valence-electron chi connectivity index (χ1n) is 7.27. The van der Waals surface area contributed by atoms with Crippen molar-refractivity contribution in [2.24, 2.45) is 0 Å². The molecule has 1 atom stereocenters. The van der Waals surface area contributed by atoms with Crippen LogP contribution in [0.2, 0.25) is 0 Å². The third-order valence-electron chi connectivity index (χ3n) is 3.76. The van der Waals surface area contributed by atoms with Crippen LogP contribution in [-0.4, -0.2) is 9.97 Å². The Kier molecular flexibility index (Phi) is 4.27. The Morgan fingerprint density at radius 2 is 2.19 bits per heavy atom. The van der Waals surface area contributed by atoms with Gasteiger partial charge < -0.3 is 5.32 Å². The lowest BCUT2D eigenvalue weighted by Gasteiger charge is -2.15. The minimum absolute atomic E-state index is 0.260. The molecule has 4 heteroatoms. The molecule has 0 saturated heterocycles. The molecule has 3 aromatic rings. The number of nitrogens with zero attached hydrogens (tertiary/aromatic N) is 2. The van der Waals surface area contributed by atoms with E-state index in [9.17, 15) is 0 Å². The van der Waals surface area contributed by atoms with Crippen LogP contribution in [0, 0.1) is 0 Å². The van der Waals surface area contributed by atoms with Crippen LogP contribution in [0.4, 0.5) is 0 Å². The molecule has 0 fully saturated rings. The quantitative estimate of drug-likeness (QED) is 0.770. The lowest BCUT2D eigenvalue weighted by atomic mass is 10.1. The van der Waals surface area contributed by atoms with Crippen molar-refractivity contribution in [2.75, 3.05) is 0 Å². The monoisotopic (exact) mass is 297 g/mol. The number of fused-ring (bicyclic) bond motifs is 1. The lowest BCUT2D eigenvalue weighted by molar-refractivity contribution is 0.564. The smallest absolute Gasteiger partial charge is 0.0809 e. The predicted molar refractivity (Wildman–Crippen MR) is 88.5 cm³/mol. The van der Waals surface area contributed by atoms with Crippen molar-refractivity contribution in [1.82, 2.24) is 15.3 Å². The molecule has 3 nitrogen and oxygen atoms in total. The molecule has 1 unspecified atom stereocenters. The van der Waals surface area contributed by atoms with Crippen LogP contribution in [0.5, 0.6) is 0 Å². The van der Waals surface area contributed by atoms with Gasteiger partial charge in [-0.1, -0.05) is 13.0 Å². The second-order valence-electron chi connectivity index (χ2n) is 5.14. The van der Waals surface area contributed by atoms with Crippen LogP contribution in [0.1, 0.15) is 36.7 Å². The summed E-state index contributed by atoms with van der Waals surface area (Å²) in [6.45, 7) is 5.12. The van der Waals surface area contributed by atoms with Crippen molar-refractivity contribution in [3.8, 4) is 0 Å². The van der Waals surface area contributed by atoms with Crippen LogP contribution < -0.4 is 5.32 Å². The van der Waals surface area contributed by atoms with Crippen molar-refractivity contribution in [1.29, 1.82) is 0 Å². The zero-order chi connectivity index (χ0) is 14.7. The molecule has 3 rings (SSSR count). The largest absolute Gasteiger partial charge is 0.304 e. The minimum Gasteiger partial charge on any atom is -0.304 e. The van der Waals surface area contributed by atoms with Crippen LogP contribution in [-0.2, 0) is 13.0 Å². The van der Waals surface area contributed by atoms with Crippen LogP contribution >= 0.6 is 11.3 Å². The second kappa shape index (κ2) is 6.33. The normalized spacial score (nSPS) is 12.7. The van der Waals surface area contributed by atoms with E-state index in [1.165, 1.54) is 15.8 Å². The molecule has 0 saturated carbocycles. The molecular formula is C17H19N3S. The summed E-state index contributed by atoms with van der Waals surface area (Å²) in [4.78, 5) is 8.99. The Labute approximate surface area is 129 Å². The molecule has 0 bridgehead atoms. The summed E-state index contributed by atoms with van der Waals surface area (Å²) in [5.74, 6) is 0. The highest BCUT2D eigenvalue weighted by Crippen LogP contribution is 2.22. The van der Waals surface area contributed by atoms with Gasteiger partial charge in [0.05, 0.1) is 15.9 Å². The van der Waals surface area contributed by atoms with Gasteiger partial charge in [0, 0.05) is 25.0 Å². The van der Waals surface area contributed by atoms with Crippen molar-refractivity contribution in [2.45, 2.75) is 32.9 Å². The van der Waals surface area contributed by atoms with Crippen molar-refractivity contribution < 1.29 is 0 Å². The van der Waals surface area contributed by atoms with Gasteiger partial charge in [-0.3, -0.25) is 9.97 Å². The number of rotatable bonds is 5. The molecule has 21 heavy (non-hydrogen) atoms. The maximum Gasteiger partial charge on any atom is 0.0809 e. The highest BCUT2D eigenvalue weighted by Gasteiger charge is 2.09. The van der Waals surface area contributed by atoms with Crippen LogP contribution in [0.25, 0.3) is 10.2 Å². The Hall–Kier alpha value is -1.78. The van der Waals surface area contributed by atoms with E-state index in [0.717, 1.165) is 24.2 Å². The number of thiophene rings is 1. The minimum atomic E-state index is 0.260. The highest BCUT2D eigenvalue weighted by molar-refractivity contribution is 7.17. The molecule has 1 N–H and O–H groups in total. The standard InChI is InChI=1S/C17H19N3S/c1-3-13-5-4-7-18-16(13)11-19-12(2)14-9-17-15(20-10-14)6-8-21-17/h4-10,12,19H,3,11H2,1-2H3. The maximum absolute atomic E-state index is 4.51. The van der Waals surface area contributed by atoms with E-state index in [0.29, 0.717) is 0 Å². The van der Waals surface area contributed by atoms with E-state index in [1.807, 2.05) is 18.5 Å². The fraction of sp³-hybridized carbons (Fsp3) is 0.294. The first-order chi connectivity index (χ1) is 10.3. The summed E-state index contributed by atoms with van der Waals surface area (Å²) in [5.41, 5.74) is 4.74. The summed E-state index contributed by atoms with van der Waals surface area (Å²) < 4.78 is 1.24. The Morgan fingerprint density at radius 1 is 1.29 bits per heavy atom. The van der Waals surface area contributed by atoms with Gasteiger partial charge in [-0.2, -0.15) is 0 Å². The van der Waals surface area contributed by atoms with E-state index in [-0.39, 0.29) is 6.04 Å². The molecule has 0 radical (unpaired) electrons. The van der Waals surface area contributed by atoms with Crippen molar-refractivity contribution in [3.05, 3.63) is 58.9 Å². The summed E-state index contributed by atoms with van der Waals surface area (Å²) in [6.07, 6.45) is 4.84. The Bertz CT molecular complexity index is 735. The Balaban J connectivity index is 1.72. The van der Waals surface area contributed by atoms with Gasteiger partial charge in [0.2, 0.25) is 0 Å².